The van der Waals surface area contributed by atoms with E-state index < -0.39 is 0 Å². The predicted octanol–water partition coefficient (Wildman–Crippen LogP) is 1.13. The molecule has 1 aliphatic heterocycles. The van der Waals surface area contributed by atoms with Crippen LogP contribution in [-0.4, -0.2) is 44.7 Å². The van der Waals surface area contributed by atoms with Crippen LogP contribution in [-0.2, 0) is 0 Å². The van der Waals surface area contributed by atoms with Crippen LogP contribution >= 0.6 is 0 Å². The molecule has 3 N–H and O–H groups in total. The molecule has 5 heteroatoms. The van der Waals surface area contributed by atoms with Gasteiger partial charge in [0.15, 0.2) is 11.6 Å². The minimum absolute atomic E-state index is 0.159. The second-order valence-corrected chi connectivity index (χ2v) is 5.07. The number of ether oxygens (including phenoxy) is 1. The maximum Gasteiger partial charge on any atom is 0.165 e. The fraction of sp³-hybridized carbons (Fsp3) is 0.571. The van der Waals surface area contributed by atoms with Gasteiger partial charge in [0.2, 0.25) is 0 Å². The highest BCUT2D eigenvalue weighted by Crippen LogP contribution is 2.24. The van der Waals surface area contributed by atoms with Crippen molar-refractivity contribution in [2.75, 3.05) is 33.8 Å². The third-order valence-electron chi connectivity index (χ3n) is 3.77. The Balaban J connectivity index is 2.02. The number of hydrogen-bond donors (Lipinski definition) is 2. The van der Waals surface area contributed by atoms with E-state index in [2.05, 4.69) is 17.3 Å². The fourth-order valence-corrected chi connectivity index (χ4v) is 2.47. The Morgan fingerprint density at radius 1 is 1.58 bits per heavy atom. The molecule has 2 atom stereocenters. The van der Waals surface area contributed by atoms with Crippen LogP contribution in [0, 0.1) is 5.82 Å². The average Bonchev–Trinajstić information content (AvgIpc) is 2.41. The van der Waals surface area contributed by atoms with Crippen molar-refractivity contribution in [2.45, 2.75) is 18.5 Å². The molecule has 1 aliphatic rings. The molecule has 0 aliphatic carbocycles. The number of benzene rings is 1. The summed E-state index contributed by atoms with van der Waals surface area (Å²) in [6, 6.07) is 5.18. The Bertz CT molecular complexity index is 427. The summed E-state index contributed by atoms with van der Waals surface area (Å²) < 4.78 is 18.6. The Morgan fingerprint density at radius 2 is 2.37 bits per heavy atom. The lowest BCUT2D eigenvalue weighted by Gasteiger charge is -2.34. The van der Waals surface area contributed by atoms with E-state index in [4.69, 9.17) is 10.5 Å². The smallest absolute Gasteiger partial charge is 0.165 e. The maximum absolute atomic E-state index is 13.7. The highest BCUT2D eigenvalue weighted by molar-refractivity contribution is 5.31. The summed E-state index contributed by atoms with van der Waals surface area (Å²) in [6.45, 7) is 2.97. The van der Waals surface area contributed by atoms with Gasteiger partial charge in [0.05, 0.1) is 7.11 Å². The zero-order valence-corrected chi connectivity index (χ0v) is 11.5. The number of halogens is 1. The number of nitrogens with one attached hydrogen (secondary N) is 1. The highest BCUT2D eigenvalue weighted by Gasteiger charge is 2.22. The minimum atomic E-state index is -0.356. The third kappa shape index (κ3) is 3.43. The van der Waals surface area contributed by atoms with E-state index in [1.54, 1.807) is 6.07 Å². The van der Waals surface area contributed by atoms with E-state index in [1.165, 1.54) is 13.2 Å². The van der Waals surface area contributed by atoms with E-state index in [0.29, 0.717) is 6.04 Å². The molecule has 2 rings (SSSR count). The van der Waals surface area contributed by atoms with Gasteiger partial charge in [-0.3, -0.25) is 0 Å². The van der Waals surface area contributed by atoms with Crippen molar-refractivity contribution in [2.24, 2.45) is 5.73 Å². The zero-order valence-electron chi connectivity index (χ0n) is 11.5. The van der Waals surface area contributed by atoms with Gasteiger partial charge in [-0.15, -0.1) is 0 Å². The first-order chi connectivity index (χ1) is 9.11. The van der Waals surface area contributed by atoms with Crippen LogP contribution in [0.3, 0.4) is 0 Å². The number of piperazine rings is 1. The number of likely N-dealkylation sites (N-methyl/N-ethyl adjacent to an activating group) is 1. The number of nitrogens with zero attached hydrogens (tertiary/aromatic N) is 1. The lowest BCUT2D eigenvalue weighted by atomic mass is 9.98. The molecular formula is C14H22FN3O. The van der Waals surface area contributed by atoms with Crippen molar-refractivity contribution in [1.82, 2.24) is 10.2 Å². The largest absolute Gasteiger partial charge is 0.494 e. The molecule has 1 aromatic carbocycles. The maximum atomic E-state index is 13.7. The summed E-state index contributed by atoms with van der Waals surface area (Å²) in [7, 11) is 3.56. The molecule has 1 heterocycles. The topological polar surface area (TPSA) is 50.5 Å². The molecule has 0 aromatic heterocycles. The van der Waals surface area contributed by atoms with E-state index in [9.17, 15) is 4.39 Å². The van der Waals surface area contributed by atoms with Crippen LogP contribution < -0.4 is 15.8 Å². The molecule has 0 saturated carbocycles. The Hall–Kier alpha value is -1.17. The van der Waals surface area contributed by atoms with Gasteiger partial charge < -0.3 is 20.7 Å². The van der Waals surface area contributed by atoms with Crippen LogP contribution in [0.4, 0.5) is 4.39 Å². The number of hydrogen-bond acceptors (Lipinski definition) is 4. The average molecular weight is 267 g/mol. The highest BCUT2D eigenvalue weighted by atomic mass is 19.1. The Kier molecular flexibility index (Phi) is 4.74. The lowest BCUT2D eigenvalue weighted by molar-refractivity contribution is 0.182. The van der Waals surface area contributed by atoms with Crippen molar-refractivity contribution < 1.29 is 9.13 Å². The van der Waals surface area contributed by atoms with E-state index in [0.717, 1.165) is 31.6 Å². The first-order valence-electron chi connectivity index (χ1n) is 6.61. The first-order valence-corrected chi connectivity index (χ1v) is 6.61. The minimum Gasteiger partial charge on any atom is -0.494 e. The van der Waals surface area contributed by atoms with Gasteiger partial charge in [0, 0.05) is 31.7 Å². The number of nitrogens with two attached hydrogens (primary N) is 1. The summed E-state index contributed by atoms with van der Waals surface area (Å²) in [6.07, 6.45) is 0.815. The second kappa shape index (κ2) is 6.32. The molecule has 106 valence electrons. The van der Waals surface area contributed by atoms with Crippen molar-refractivity contribution in [3.8, 4) is 5.75 Å². The number of methoxy groups -OCH3 is 1. The fourth-order valence-electron chi connectivity index (χ4n) is 2.47. The molecule has 0 amide bonds. The summed E-state index contributed by atoms with van der Waals surface area (Å²) >= 11 is 0. The summed E-state index contributed by atoms with van der Waals surface area (Å²) in [5, 5.41) is 3.36. The quantitative estimate of drug-likeness (QED) is 0.858. The van der Waals surface area contributed by atoms with Crippen LogP contribution in [0.5, 0.6) is 5.75 Å². The van der Waals surface area contributed by atoms with Crippen LogP contribution in [0.2, 0.25) is 0 Å². The van der Waals surface area contributed by atoms with Gasteiger partial charge >= 0.3 is 0 Å². The molecule has 2 unspecified atom stereocenters. The molecule has 1 fully saturated rings. The van der Waals surface area contributed by atoms with Gasteiger partial charge in [-0.1, -0.05) is 6.07 Å². The summed E-state index contributed by atoms with van der Waals surface area (Å²) in [5.74, 6) is -0.0991. The Labute approximate surface area is 113 Å². The van der Waals surface area contributed by atoms with Gasteiger partial charge in [0.1, 0.15) is 0 Å². The zero-order chi connectivity index (χ0) is 13.8. The van der Waals surface area contributed by atoms with Crippen LogP contribution in [0.1, 0.15) is 18.0 Å². The third-order valence-corrected chi connectivity index (χ3v) is 3.77. The molecule has 0 radical (unpaired) electrons. The monoisotopic (exact) mass is 267 g/mol. The molecule has 1 aromatic rings. The van der Waals surface area contributed by atoms with Gasteiger partial charge in [0.25, 0.3) is 0 Å². The van der Waals surface area contributed by atoms with Crippen molar-refractivity contribution >= 4 is 0 Å². The van der Waals surface area contributed by atoms with E-state index in [1.807, 2.05) is 6.07 Å². The molecular weight excluding hydrogens is 245 g/mol. The van der Waals surface area contributed by atoms with Crippen molar-refractivity contribution in [3.05, 3.63) is 29.6 Å². The number of rotatable bonds is 4. The molecule has 0 spiro atoms. The Morgan fingerprint density at radius 3 is 3.00 bits per heavy atom. The standard InChI is InChI=1S/C14H22FN3O/c1-18-6-5-17-9-11(18)8-13(16)10-3-4-14(19-2)12(15)7-10/h3-4,7,11,13,17H,5-6,8-9,16H2,1-2H3. The second-order valence-electron chi connectivity index (χ2n) is 5.07. The lowest BCUT2D eigenvalue weighted by Crippen LogP contribution is -2.50. The molecule has 0 bridgehead atoms. The van der Waals surface area contributed by atoms with E-state index >= 15 is 0 Å². The van der Waals surface area contributed by atoms with Gasteiger partial charge in [-0.2, -0.15) is 0 Å². The SMILES string of the molecule is COc1ccc(C(N)CC2CNCCN2C)cc1F. The van der Waals surface area contributed by atoms with Crippen LogP contribution in [0.25, 0.3) is 0 Å². The molecule has 19 heavy (non-hydrogen) atoms. The normalized spacial score (nSPS) is 22.2. The summed E-state index contributed by atoms with van der Waals surface area (Å²) in [4.78, 5) is 2.30. The molecule has 1 saturated heterocycles. The summed E-state index contributed by atoms with van der Waals surface area (Å²) in [5.41, 5.74) is 7.00. The van der Waals surface area contributed by atoms with Crippen molar-refractivity contribution in [3.63, 3.8) is 0 Å². The van der Waals surface area contributed by atoms with E-state index in [-0.39, 0.29) is 17.6 Å². The van der Waals surface area contributed by atoms with Crippen molar-refractivity contribution in [1.29, 1.82) is 0 Å². The predicted molar refractivity (Wildman–Crippen MR) is 73.8 cm³/mol. The van der Waals surface area contributed by atoms with Gasteiger partial charge in [-0.05, 0) is 31.2 Å². The van der Waals surface area contributed by atoms with Gasteiger partial charge in [-0.25, -0.2) is 4.39 Å². The van der Waals surface area contributed by atoms with Crippen LogP contribution in [0.15, 0.2) is 18.2 Å². The first kappa shape index (κ1) is 14.2. The molecule has 4 nitrogen and oxygen atoms in total.